The molecule has 4 heterocycles. The van der Waals surface area contributed by atoms with Gasteiger partial charge in [0.05, 0.1) is 31.1 Å². The summed E-state index contributed by atoms with van der Waals surface area (Å²) in [5, 5.41) is 47.7. The number of amides is 3. The molecule has 8 N–H and O–H groups in total. The lowest BCUT2D eigenvalue weighted by Gasteiger charge is -2.22. The van der Waals surface area contributed by atoms with Crippen molar-refractivity contribution in [1.82, 2.24) is 40.8 Å². The largest absolute Gasteiger partial charge is 0.394 e. The average molecular weight is 637 g/mol. The predicted octanol–water partition coefficient (Wildman–Crippen LogP) is -0.357. The second-order valence-corrected chi connectivity index (χ2v) is 12.5. The number of hydrogen-bond acceptors (Lipinski definition) is 11. The van der Waals surface area contributed by atoms with Crippen LogP contribution in [0.4, 0.5) is 16.6 Å². The van der Waals surface area contributed by atoms with E-state index in [9.17, 15) is 24.9 Å². The zero-order chi connectivity index (χ0) is 32.2. The number of anilines is 2. The summed E-state index contributed by atoms with van der Waals surface area (Å²) < 4.78 is 1.73. The van der Waals surface area contributed by atoms with Gasteiger partial charge in [-0.15, -0.1) is 0 Å². The van der Waals surface area contributed by atoms with Gasteiger partial charge in [-0.05, 0) is 37.8 Å². The summed E-state index contributed by atoms with van der Waals surface area (Å²) in [5.74, 6) is 0.643. The highest BCUT2D eigenvalue weighted by molar-refractivity contribution is 5.85. The van der Waals surface area contributed by atoms with Gasteiger partial charge in [0.15, 0.2) is 17.0 Å². The summed E-state index contributed by atoms with van der Waals surface area (Å²) in [7, 11) is 0. The molecule has 248 valence electrons. The first kappa shape index (κ1) is 31.9. The van der Waals surface area contributed by atoms with Gasteiger partial charge < -0.3 is 51.4 Å². The third kappa shape index (κ3) is 7.02. The van der Waals surface area contributed by atoms with E-state index in [-0.39, 0.29) is 49.5 Å². The van der Waals surface area contributed by atoms with E-state index in [0.29, 0.717) is 48.9 Å². The Balaban J connectivity index is 1.27. The first-order chi connectivity index (χ1) is 22.3. The smallest absolute Gasteiger partial charge is 0.315 e. The predicted molar refractivity (Wildman–Crippen MR) is 171 cm³/mol. The maximum atomic E-state index is 12.6. The van der Waals surface area contributed by atoms with Gasteiger partial charge in [-0.25, -0.2) is 9.78 Å². The minimum atomic E-state index is -1.16. The molecule has 2 aliphatic heterocycles. The quantitative estimate of drug-likeness (QED) is 0.137. The first-order valence-electron chi connectivity index (χ1n) is 16.2. The highest BCUT2D eigenvalue weighted by atomic mass is 16.3. The molecule has 15 heteroatoms. The lowest BCUT2D eigenvalue weighted by Crippen LogP contribution is -2.47. The molecule has 0 spiro atoms. The summed E-state index contributed by atoms with van der Waals surface area (Å²) >= 11 is 0. The summed E-state index contributed by atoms with van der Waals surface area (Å²) in [6, 6.07) is 8.07. The number of aromatic nitrogens is 4. The fourth-order valence-electron chi connectivity index (χ4n) is 6.63. The van der Waals surface area contributed by atoms with E-state index in [4.69, 9.17) is 9.97 Å². The van der Waals surface area contributed by atoms with Crippen LogP contribution in [0.25, 0.3) is 11.2 Å². The van der Waals surface area contributed by atoms with E-state index in [2.05, 4.69) is 31.6 Å². The van der Waals surface area contributed by atoms with E-state index in [1.165, 1.54) is 0 Å². The Bertz CT molecular complexity index is 1500. The van der Waals surface area contributed by atoms with E-state index < -0.39 is 24.3 Å². The number of imidazole rings is 1. The zero-order valence-electron chi connectivity index (χ0n) is 26.0. The Kier molecular flexibility index (Phi) is 9.82. The number of benzene rings is 1. The Morgan fingerprint density at radius 2 is 1.87 bits per heavy atom. The average Bonchev–Trinajstić information content (AvgIpc) is 3.87. The van der Waals surface area contributed by atoms with Crippen molar-refractivity contribution in [2.75, 3.05) is 43.0 Å². The minimum Gasteiger partial charge on any atom is -0.394 e. The number of nitrogens with one attached hydrogen (secondary N) is 5. The SMILES string of the molecule is CCC(=O)N[C@H]1C[C@@H](n2cnc3c(N[C@H](CO)Cc4ccccc4)nc(N4CC[C@@H](NC(=O)N[C@@H]5CCNC5)C4)nc32)[C@H](O)[C@@H]1O. The van der Waals surface area contributed by atoms with Gasteiger partial charge in [0.25, 0.3) is 0 Å². The van der Waals surface area contributed by atoms with Crippen molar-refractivity contribution in [3.05, 3.63) is 42.2 Å². The molecule has 1 saturated carbocycles. The normalized spacial score (nSPS) is 26.7. The summed E-state index contributed by atoms with van der Waals surface area (Å²) in [6.45, 7) is 4.35. The van der Waals surface area contributed by atoms with Crippen LogP contribution in [0.1, 0.15) is 44.2 Å². The van der Waals surface area contributed by atoms with Crippen LogP contribution < -0.4 is 31.5 Å². The molecular weight excluding hydrogens is 592 g/mol. The second-order valence-electron chi connectivity index (χ2n) is 12.5. The number of aliphatic hydroxyl groups excluding tert-OH is 3. The Labute approximate surface area is 267 Å². The molecule has 0 unspecified atom stereocenters. The number of rotatable bonds is 11. The maximum absolute atomic E-state index is 12.6. The molecule has 3 amide bonds. The van der Waals surface area contributed by atoms with E-state index in [0.717, 1.165) is 25.1 Å². The molecule has 2 aromatic heterocycles. The molecule has 3 aromatic rings. The van der Waals surface area contributed by atoms with Crippen molar-refractivity contribution < 1.29 is 24.9 Å². The highest BCUT2D eigenvalue weighted by Gasteiger charge is 2.44. The number of hydrogen-bond donors (Lipinski definition) is 8. The third-order valence-electron chi connectivity index (χ3n) is 9.17. The number of carbonyl (C=O) groups excluding carboxylic acids is 2. The van der Waals surface area contributed by atoms with Crippen molar-refractivity contribution in [3.63, 3.8) is 0 Å². The van der Waals surface area contributed by atoms with E-state index >= 15 is 0 Å². The van der Waals surface area contributed by atoms with Crippen LogP contribution in [0.3, 0.4) is 0 Å². The molecule has 1 aliphatic carbocycles. The molecule has 2 saturated heterocycles. The van der Waals surface area contributed by atoms with E-state index in [1.807, 2.05) is 35.2 Å². The molecule has 3 aliphatic rings. The monoisotopic (exact) mass is 636 g/mol. The molecule has 0 bridgehead atoms. The molecule has 1 aromatic carbocycles. The van der Waals surface area contributed by atoms with Gasteiger partial charge in [0.2, 0.25) is 11.9 Å². The lowest BCUT2D eigenvalue weighted by molar-refractivity contribution is -0.122. The number of fused-ring (bicyclic) bond motifs is 1. The van der Waals surface area contributed by atoms with E-state index in [1.54, 1.807) is 17.8 Å². The van der Waals surface area contributed by atoms with Crippen LogP contribution in [-0.4, -0.2) is 116 Å². The van der Waals surface area contributed by atoms with Gasteiger partial charge in [-0.2, -0.15) is 9.97 Å². The molecule has 15 nitrogen and oxygen atoms in total. The van der Waals surface area contributed by atoms with Crippen molar-refractivity contribution in [3.8, 4) is 0 Å². The molecule has 0 radical (unpaired) electrons. The van der Waals surface area contributed by atoms with Crippen molar-refractivity contribution in [1.29, 1.82) is 0 Å². The van der Waals surface area contributed by atoms with Crippen LogP contribution >= 0.6 is 0 Å². The van der Waals surface area contributed by atoms with Gasteiger partial charge in [-0.3, -0.25) is 4.79 Å². The van der Waals surface area contributed by atoms with Crippen LogP contribution in [0.2, 0.25) is 0 Å². The maximum Gasteiger partial charge on any atom is 0.315 e. The van der Waals surface area contributed by atoms with Crippen molar-refractivity contribution in [2.24, 2.45) is 0 Å². The second kappa shape index (κ2) is 14.2. The van der Waals surface area contributed by atoms with Gasteiger partial charge in [0.1, 0.15) is 12.2 Å². The Morgan fingerprint density at radius 3 is 2.61 bits per heavy atom. The number of nitrogens with zero attached hydrogens (tertiary/aromatic N) is 5. The Morgan fingerprint density at radius 1 is 1.07 bits per heavy atom. The summed E-state index contributed by atoms with van der Waals surface area (Å²) in [4.78, 5) is 41.1. The van der Waals surface area contributed by atoms with Crippen LogP contribution in [0, 0.1) is 0 Å². The van der Waals surface area contributed by atoms with Crippen molar-refractivity contribution in [2.45, 2.75) is 81.4 Å². The molecule has 7 atom stereocenters. The molecule has 6 rings (SSSR count). The standard InChI is InChI=1S/C31H44N10O5/c1-2-24(43)37-22-13-23(27(45)26(22)44)41-17-33-25-28(34-21(16-42)12-18-6-4-3-5-7-18)38-30(39-29(25)41)40-11-9-20(15-40)36-31(46)35-19-8-10-32-14-19/h3-7,17,19-23,26-27,32,42,44-45H,2,8-16H2,1H3,(H,37,43)(H,34,38,39)(H2,35,36,46)/t19-,20-,21+,22+,23-,26-,27+/m1/s1. The van der Waals surface area contributed by atoms with Crippen LogP contribution in [0.15, 0.2) is 36.7 Å². The summed E-state index contributed by atoms with van der Waals surface area (Å²) in [5.41, 5.74) is 1.95. The number of urea groups is 1. The fraction of sp³-hybridized carbons (Fsp3) is 0.581. The van der Waals surface area contributed by atoms with Gasteiger partial charge in [-0.1, -0.05) is 37.3 Å². The van der Waals surface area contributed by atoms with Gasteiger partial charge in [0, 0.05) is 38.1 Å². The molecule has 46 heavy (non-hydrogen) atoms. The molecular formula is C31H44N10O5. The topological polar surface area (TPSA) is 202 Å². The molecule has 3 fully saturated rings. The highest BCUT2D eigenvalue weighted by Crippen LogP contribution is 2.35. The number of aliphatic hydroxyl groups is 3. The van der Waals surface area contributed by atoms with Gasteiger partial charge >= 0.3 is 6.03 Å². The van der Waals surface area contributed by atoms with Crippen LogP contribution in [-0.2, 0) is 11.2 Å². The Hall–Kier alpha value is -4.05. The first-order valence-corrected chi connectivity index (χ1v) is 16.2. The minimum absolute atomic E-state index is 0.104. The lowest BCUT2D eigenvalue weighted by atomic mass is 10.1. The summed E-state index contributed by atoms with van der Waals surface area (Å²) in [6.07, 6.45) is 1.97. The third-order valence-corrected chi connectivity index (χ3v) is 9.17. The van der Waals surface area contributed by atoms with Crippen molar-refractivity contribution >= 4 is 34.9 Å². The number of carbonyl (C=O) groups is 2. The van der Waals surface area contributed by atoms with Crippen LogP contribution in [0.5, 0.6) is 0 Å². The zero-order valence-corrected chi connectivity index (χ0v) is 26.0. The fourth-order valence-corrected chi connectivity index (χ4v) is 6.63.